The standard InChI is InChI=1S/C15H21ClFNO/c1-14(2)10-18(7-6-15(14,3)19)9-11-4-5-13(17)12(16)8-11/h4-5,8,19H,6-7,9-10H2,1-3H3/t15-/m1/s1. The summed E-state index contributed by atoms with van der Waals surface area (Å²) in [5.74, 6) is -0.382. The van der Waals surface area contributed by atoms with Crippen molar-refractivity contribution in [1.29, 1.82) is 0 Å². The zero-order chi connectivity index (χ0) is 14.3. The fourth-order valence-corrected chi connectivity index (χ4v) is 2.76. The van der Waals surface area contributed by atoms with Crippen LogP contribution in [0.2, 0.25) is 5.02 Å². The van der Waals surface area contributed by atoms with Crippen molar-refractivity contribution in [3.05, 3.63) is 34.6 Å². The number of rotatable bonds is 2. The van der Waals surface area contributed by atoms with E-state index in [1.165, 1.54) is 6.07 Å². The Labute approximate surface area is 119 Å². The van der Waals surface area contributed by atoms with Crippen LogP contribution in [0.3, 0.4) is 0 Å². The van der Waals surface area contributed by atoms with E-state index in [1.54, 1.807) is 12.1 Å². The molecule has 106 valence electrons. The van der Waals surface area contributed by atoms with Crippen molar-refractivity contribution in [2.24, 2.45) is 5.41 Å². The van der Waals surface area contributed by atoms with Gasteiger partial charge in [-0.05, 0) is 31.0 Å². The second-order valence-corrected chi connectivity index (χ2v) is 6.77. The Morgan fingerprint density at radius 3 is 2.63 bits per heavy atom. The molecule has 1 aromatic carbocycles. The lowest BCUT2D eigenvalue weighted by Crippen LogP contribution is -2.55. The van der Waals surface area contributed by atoms with Crippen molar-refractivity contribution in [2.75, 3.05) is 13.1 Å². The first-order valence-electron chi connectivity index (χ1n) is 6.60. The number of aliphatic hydroxyl groups is 1. The molecule has 0 radical (unpaired) electrons. The summed E-state index contributed by atoms with van der Waals surface area (Å²) in [6.45, 7) is 8.45. The third-order valence-electron chi connectivity index (χ3n) is 4.38. The van der Waals surface area contributed by atoms with E-state index in [-0.39, 0.29) is 16.3 Å². The van der Waals surface area contributed by atoms with Gasteiger partial charge in [-0.2, -0.15) is 0 Å². The summed E-state index contributed by atoms with van der Waals surface area (Å²) in [6, 6.07) is 4.85. The molecule has 2 nitrogen and oxygen atoms in total. The molecule has 1 N–H and O–H groups in total. The van der Waals surface area contributed by atoms with Crippen LogP contribution >= 0.6 is 11.6 Å². The lowest BCUT2D eigenvalue weighted by molar-refractivity contribution is -0.107. The maximum atomic E-state index is 13.1. The van der Waals surface area contributed by atoms with Gasteiger partial charge in [-0.15, -0.1) is 0 Å². The van der Waals surface area contributed by atoms with Crippen LogP contribution in [0.25, 0.3) is 0 Å². The number of likely N-dealkylation sites (tertiary alicyclic amines) is 1. The van der Waals surface area contributed by atoms with E-state index in [9.17, 15) is 9.50 Å². The van der Waals surface area contributed by atoms with Gasteiger partial charge in [0.05, 0.1) is 10.6 Å². The minimum absolute atomic E-state index is 0.158. The Morgan fingerprint density at radius 1 is 1.37 bits per heavy atom. The molecule has 1 saturated heterocycles. The molecular formula is C15H21ClFNO. The highest BCUT2D eigenvalue weighted by molar-refractivity contribution is 6.30. The molecule has 1 heterocycles. The smallest absolute Gasteiger partial charge is 0.141 e. The number of piperidine rings is 1. The first-order chi connectivity index (χ1) is 8.71. The molecule has 1 aromatic rings. The van der Waals surface area contributed by atoms with Gasteiger partial charge in [-0.3, -0.25) is 4.90 Å². The molecule has 1 fully saturated rings. The van der Waals surface area contributed by atoms with E-state index in [4.69, 9.17) is 11.6 Å². The van der Waals surface area contributed by atoms with Crippen molar-refractivity contribution in [2.45, 2.75) is 39.3 Å². The first kappa shape index (κ1) is 14.8. The molecule has 0 spiro atoms. The summed E-state index contributed by atoms with van der Waals surface area (Å²) in [6.07, 6.45) is 0.745. The van der Waals surface area contributed by atoms with Crippen LogP contribution in [0.1, 0.15) is 32.8 Å². The van der Waals surface area contributed by atoms with Gasteiger partial charge in [-0.1, -0.05) is 31.5 Å². The number of nitrogens with zero attached hydrogens (tertiary/aromatic N) is 1. The second kappa shape index (κ2) is 5.04. The molecule has 1 aliphatic heterocycles. The van der Waals surface area contributed by atoms with Gasteiger partial charge in [0.2, 0.25) is 0 Å². The summed E-state index contributed by atoms with van der Waals surface area (Å²) in [4.78, 5) is 2.28. The van der Waals surface area contributed by atoms with Crippen LogP contribution in [0, 0.1) is 11.2 Å². The average molecular weight is 286 g/mol. The second-order valence-electron chi connectivity index (χ2n) is 6.37. The molecule has 4 heteroatoms. The van der Waals surface area contributed by atoms with Gasteiger partial charge in [0.1, 0.15) is 5.82 Å². The highest BCUT2D eigenvalue weighted by atomic mass is 35.5. The predicted molar refractivity (Wildman–Crippen MR) is 75.7 cm³/mol. The zero-order valence-electron chi connectivity index (χ0n) is 11.7. The Hall–Kier alpha value is -0.640. The molecule has 0 unspecified atom stereocenters. The highest BCUT2D eigenvalue weighted by Crippen LogP contribution is 2.38. The summed E-state index contributed by atoms with van der Waals surface area (Å²) >= 11 is 5.80. The van der Waals surface area contributed by atoms with E-state index in [0.29, 0.717) is 0 Å². The maximum Gasteiger partial charge on any atom is 0.141 e. The van der Waals surface area contributed by atoms with Gasteiger partial charge in [0.15, 0.2) is 0 Å². The molecule has 1 aliphatic rings. The van der Waals surface area contributed by atoms with Gasteiger partial charge >= 0.3 is 0 Å². The first-order valence-corrected chi connectivity index (χ1v) is 6.98. The monoisotopic (exact) mass is 285 g/mol. The van der Waals surface area contributed by atoms with Crippen molar-refractivity contribution in [1.82, 2.24) is 4.90 Å². The molecule has 0 aliphatic carbocycles. The van der Waals surface area contributed by atoms with E-state index >= 15 is 0 Å². The molecular weight excluding hydrogens is 265 g/mol. The molecule has 0 saturated carbocycles. The van der Waals surface area contributed by atoms with Crippen molar-refractivity contribution >= 4 is 11.6 Å². The van der Waals surface area contributed by atoms with Crippen molar-refractivity contribution in [3.8, 4) is 0 Å². The van der Waals surface area contributed by atoms with Gasteiger partial charge in [0.25, 0.3) is 0 Å². The number of halogens is 2. The zero-order valence-corrected chi connectivity index (χ0v) is 12.5. The van der Waals surface area contributed by atoms with E-state index in [1.807, 2.05) is 6.92 Å². The largest absolute Gasteiger partial charge is 0.390 e. The average Bonchev–Trinajstić information content (AvgIpc) is 2.29. The molecule has 0 bridgehead atoms. The fraction of sp³-hybridized carbons (Fsp3) is 0.600. The van der Waals surface area contributed by atoms with Crippen LogP contribution in [0.15, 0.2) is 18.2 Å². The number of benzene rings is 1. The number of hydrogen-bond acceptors (Lipinski definition) is 2. The van der Waals surface area contributed by atoms with Gasteiger partial charge < -0.3 is 5.11 Å². The third-order valence-corrected chi connectivity index (χ3v) is 4.67. The van der Waals surface area contributed by atoms with Gasteiger partial charge in [-0.25, -0.2) is 4.39 Å². The Bertz CT molecular complexity index is 473. The Balaban J connectivity index is 2.07. The van der Waals surface area contributed by atoms with Crippen LogP contribution in [0.4, 0.5) is 4.39 Å². The normalized spacial score (nSPS) is 27.5. The van der Waals surface area contributed by atoms with Crippen LogP contribution in [-0.4, -0.2) is 28.7 Å². The van der Waals surface area contributed by atoms with E-state index in [2.05, 4.69) is 18.7 Å². The lowest BCUT2D eigenvalue weighted by Gasteiger charge is -2.48. The van der Waals surface area contributed by atoms with E-state index < -0.39 is 5.60 Å². The molecule has 0 amide bonds. The summed E-state index contributed by atoms with van der Waals surface area (Å²) in [7, 11) is 0. The highest BCUT2D eigenvalue weighted by Gasteiger charge is 2.43. The summed E-state index contributed by atoms with van der Waals surface area (Å²) in [5, 5.41) is 10.5. The van der Waals surface area contributed by atoms with Crippen molar-refractivity contribution < 1.29 is 9.50 Å². The van der Waals surface area contributed by atoms with Gasteiger partial charge in [0, 0.05) is 25.0 Å². The predicted octanol–water partition coefficient (Wildman–Crippen LogP) is 3.46. The van der Waals surface area contributed by atoms with Crippen LogP contribution in [-0.2, 0) is 6.54 Å². The molecule has 0 aromatic heterocycles. The van der Waals surface area contributed by atoms with E-state index in [0.717, 1.165) is 31.6 Å². The minimum atomic E-state index is -0.635. The fourth-order valence-electron chi connectivity index (χ4n) is 2.55. The number of hydrogen-bond donors (Lipinski definition) is 1. The minimum Gasteiger partial charge on any atom is -0.390 e. The third kappa shape index (κ3) is 3.10. The maximum absolute atomic E-state index is 13.1. The Morgan fingerprint density at radius 2 is 2.05 bits per heavy atom. The van der Waals surface area contributed by atoms with Crippen LogP contribution in [0.5, 0.6) is 0 Å². The molecule has 2 rings (SSSR count). The van der Waals surface area contributed by atoms with Crippen LogP contribution < -0.4 is 0 Å². The Kier molecular flexibility index (Phi) is 3.92. The van der Waals surface area contributed by atoms with Crippen molar-refractivity contribution in [3.63, 3.8) is 0 Å². The molecule has 19 heavy (non-hydrogen) atoms. The quantitative estimate of drug-likeness (QED) is 0.899. The summed E-state index contributed by atoms with van der Waals surface area (Å²) in [5.41, 5.74) is 0.211. The lowest BCUT2D eigenvalue weighted by atomic mass is 9.71. The molecule has 1 atom stereocenters. The topological polar surface area (TPSA) is 23.5 Å². The SMILES string of the molecule is CC1(C)CN(Cc2ccc(F)c(Cl)c2)CC[C@@]1(C)O. The summed E-state index contributed by atoms with van der Waals surface area (Å²) < 4.78 is 13.1.